The lowest BCUT2D eigenvalue weighted by atomic mass is 9.86. The molecule has 2 amide bonds. The third kappa shape index (κ3) is 3.06. The Hall–Kier alpha value is -4.00. The summed E-state index contributed by atoms with van der Waals surface area (Å²) in [5.41, 5.74) is 0.484. The lowest BCUT2D eigenvalue weighted by Crippen LogP contribution is -2.34. The second-order valence-electron chi connectivity index (χ2n) is 7.65. The highest BCUT2D eigenvalue weighted by molar-refractivity contribution is 6.24. The summed E-state index contributed by atoms with van der Waals surface area (Å²) in [6, 6.07) is 17.3. The van der Waals surface area contributed by atoms with Gasteiger partial charge in [-0.3, -0.25) is 14.4 Å². The summed E-state index contributed by atoms with van der Waals surface area (Å²) in [6.07, 6.45) is -0.595. The molecule has 1 atom stereocenters. The fourth-order valence-electron chi connectivity index (χ4n) is 4.37. The predicted molar refractivity (Wildman–Crippen MR) is 112 cm³/mol. The van der Waals surface area contributed by atoms with E-state index in [2.05, 4.69) is 0 Å². The third-order valence-corrected chi connectivity index (χ3v) is 5.79. The van der Waals surface area contributed by atoms with E-state index in [4.69, 9.17) is 4.84 Å². The quantitative estimate of drug-likeness (QED) is 0.394. The van der Waals surface area contributed by atoms with Crippen LogP contribution in [0.4, 0.5) is 0 Å². The van der Waals surface area contributed by atoms with Crippen LogP contribution in [0.1, 0.15) is 30.7 Å². The summed E-state index contributed by atoms with van der Waals surface area (Å²) >= 11 is 0. The predicted octanol–water partition coefficient (Wildman–Crippen LogP) is 3.75. The Bertz CT molecular complexity index is 1360. The summed E-state index contributed by atoms with van der Waals surface area (Å²) < 4.78 is 0. The molecule has 1 aliphatic rings. The van der Waals surface area contributed by atoms with Crippen molar-refractivity contribution >= 4 is 56.1 Å². The molecule has 154 valence electrons. The molecule has 1 saturated heterocycles. The number of hydrogen-bond donors (Lipinski definition) is 1. The van der Waals surface area contributed by atoms with Gasteiger partial charge in [-0.05, 0) is 37.9 Å². The molecule has 1 unspecified atom stereocenters. The van der Waals surface area contributed by atoms with Gasteiger partial charge in [0.2, 0.25) is 0 Å². The lowest BCUT2D eigenvalue weighted by Gasteiger charge is -2.21. The van der Waals surface area contributed by atoms with Crippen molar-refractivity contribution in [1.29, 1.82) is 0 Å². The second-order valence-corrected chi connectivity index (χ2v) is 7.65. The van der Waals surface area contributed by atoms with E-state index >= 15 is 0 Å². The van der Waals surface area contributed by atoms with Gasteiger partial charge in [-0.2, -0.15) is 0 Å². The number of rotatable bonds is 5. The maximum atomic E-state index is 13.0. The number of amides is 2. The first-order valence-electron chi connectivity index (χ1n) is 9.90. The number of hydroxylamine groups is 2. The third-order valence-electron chi connectivity index (χ3n) is 5.79. The fraction of sp³-hybridized carbons (Fsp3) is 0.167. The van der Waals surface area contributed by atoms with E-state index in [0.29, 0.717) is 10.6 Å². The summed E-state index contributed by atoms with van der Waals surface area (Å²) in [4.78, 5) is 53.3. The Morgan fingerprint density at radius 1 is 0.871 bits per heavy atom. The van der Waals surface area contributed by atoms with Crippen LogP contribution in [0.5, 0.6) is 0 Å². The molecule has 0 radical (unpaired) electrons. The van der Waals surface area contributed by atoms with Gasteiger partial charge in [0.1, 0.15) is 0 Å². The molecule has 0 saturated carbocycles. The first kappa shape index (κ1) is 19.0. The van der Waals surface area contributed by atoms with Gasteiger partial charge >= 0.3 is 11.9 Å². The highest BCUT2D eigenvalue weighted by Gasteiger charge is 2.36. The van der Waals surface area contributed by atoms with Crippen LogP contribution in [0.3, 0.4) is 0 Å². The van der Waals surface area contributed by atoms with E-state index in [0.717, 1.165) is 32.3 Å². The van der Waals surface area contributed by atoms with Crippen LogP contribution in [0.2, 0.25) is 0 Å². The normalized spacial score (nSPS) is 15.3. The van der Waals surface area contributed by atoms with Crippen LogP contribution >= 0.6 is 0 Å². The number of carbonyl (C=O) groups is 4. The van der Waals surface area contributed by atoms with Crippen LogP contribution in [0.15, 0.2) is 54.6 Å². The topological polar surface area (TPSA) is 101 Å². The van der Waals surface area contributed by atoms with E-state index in [1.807, 2.05) is 48.5 Å². The minimum Gasteiger partial charge on any atom is -0.481 e. The van der Waals surface area contributed by atoms with Crippen molar-refractivity contribution in [2.45, 2.75) is 25.2 Å². The molecule has 31 heavy (non-hydrogen) atoms. The number of carboxylic acids is 1. The van der Waals surface area contributed by atoms with Gasteiger partial charge in [-0.25, -0.2) is 4.79 Å². The molecular formula is C24H17NO6. The van der Waals surface area contributed by atoms with Crippen molar-refractivity contribution in [1.82, 2.24) is 5.06 Å². The van der Waals surface area contributed by atoms with Gasteiger partial charge in [-0.1, -0.05) is 54.6 Å². The summed E-state index contributed by atoms with van der Waals surface area (Å²) in [6.45, 7) is 0. The van der Waals surface area contributed by atoms with Crippen molar-refractivity contribution in [2.75, 3.05) is 0 Å². The van der Waals surface area contributed by atoms with Crippen LogP contribution < -0.4 is 0 Å². The van der Waals surface area contributed by atoms with Gasteiger partial charge < -0.3 is 9.94 Å². The Morgan fingerprint density at radius 2 is 1.45 bits per heavy atom. The van der Waals surface area contributed by atoms with Crippen LogP contribution in [0.25, 0.3) is 32.3 Å². The molecule has 7 nitrogen and oxygen atoms in total. The van der Waals surface area contributed by atoms with Gasteiger partial charge in [-0.15, -0.1) is 5.06 Å². The first-order chi connectivity index (χ1) is 14.9. The SMILES string of the molecule is O=C(O)CC(C(=O)ON1C(=O)CCC1=O)c1ccc2ccc3cccc4ccc1c2c34. The second kappa shape index (κ2) is 7.05. The molecule has 7 heteroatoms. The Labute approximate surface area is 176 Å². The van der Waals surface area contributed by atoms with Gasteiger partial charge in [0.05, 0.1) is 12.3 Å². The zero-order valence-electron chi connectivity index (χ0n) is 16.3. The molecule has 5 rings (SSSR count). The average molecular weight is 415 g/mol. The maximum absolute atomic E-state index is 13.0. The van der Waals surface area contributed by atoms with Crippen LogP contribution in [-0.2, 0) is 24.0 Å². The molecule has 0 aromatic heterocycles. The van der Waals surface area contributed by atoms with Gasteiger partial charge in [0.15, 0.2) is 0 Å². The zero-order chi connectivity index (χ0) is 21.7. The van der Waals surface area contributed by atoms with Crippen molar-refractivity contribution in [3.63, 3.8) is 0 Å². The molecule has 0 bridgehead atoms. The number of hydrogen-bond acceptors (Lipinski definition) is 5. The standard InChI is InChI=1S/C24H17NO6/c26-19-10-11-20(27)25(19)31-24(30)18(12-21(28)29)16-8-6-15-5-4-13-2-1-3-14-7-9-17(16)23(15)22(13)14/h1-9,18H,10-12H2,(H,28,29). The zero-order valence-corrected chi connectivity index (χ0v) is 16.3. The van der Waals surface area contributed by atoms with Crippen molar-refractivity contribution in [3.8, 4) is 0 Å². The van der Waals surface area contributed by atoms with Crippen LogP contribution in [-0.4, -0.2) is 33.9 Å². The molecule has 4 aromatic carbocycles. The smallest absolute Gasteiger partial charge is 0.341 e. The van der Waals surface area contributed by atoms with Gasteiger partial charge in [0, 0.05) is 12.8 Å². The number of imide groups is 1. The largest absolute Gasteiger partial charge is 0.481 e. The molecule has 1 heterocycles. The highest BCUT2D eigenvalue weighted by atomic mass is 16.7. The number of aliphatic carboxylic acids is 1. The van der Waals surface area contributed by atoms with E-state index in [-0.39, 0.29) is 12.8 Å². The van der Waals surface area contributed by atoms with Gasteiger partial charge in [0.25, 0.3) is 11.8 Å². The van der Waals surface area contributed by atoms with E-state index in [9.17, 15) is 24.3 Å². The Morgan fingerprint density at radius 3 is 2.10 bits per heavy atom. The minimum atomic E-state index is -1.19. The van der Waals surface area contributed by atoms with Crippen LogP contribution in [0, 0.1) is 0 Å². The molecule has 0 aliphatic carbocycles. The van der Waals surface area contributed by atoms with Crippen molar-refractivity contribution in [3.05, 3.63) is 60.2 Å². The minimum absolute atomic E-state index is 0.0333. The first-order valence-corrected chi connectivity index (χ1v) is 9.90. The maximum Gasteiger partial charge on any atom is 0.341 e. The summed E-state index contributed by atoms with van der Waals surface area (Å²) in [5.74, 6) is -4.53. The molecule has 0 spiro atoms. The number of carbonyl (C=O) groups excluding carboxylic acids is 3. The monoisotopic (exact) mass is 415 g/mol. The summed E-state index contributed by atoms with van der Waals surface area (Å²) in [5, 5.41) is 15.7. The molecule has 1 fully saturated rings. The molecule has 1 N–H and O–H groups in total. The Kier molecular flexibility index (Phi) is 4.32. The molecule has 1 aliphatic heterocycles. The number of nitrogens with zero attached hydrogens (tertiary/aromatic N) is 1. The molecular weight excluding hydrogens is 398 g/mol. The van der Waals surface area contributed by atoms with E-state index in [1.54, 1.807) is 6.07 Å². The van der Waals surface area contributed by atoms with E-state index in [1.165, 1.54) is 0 Å². The van der Waals surface area contributed by atoms with E-state index < -0.39 is 36.1 Å². The fourth-order valence-corrected chi connectivity index (χ4v) is 4.37. The Balaban J connectivity index is 1.66. The summed E-state index contributed by atoms with van der Waals surface area (Å²) in [7, 11) is 0. The molecule has 4 aromatic rings. The lowest BCUT2D eigenvalue weighted by molar-refractivity contribution is -0.198. The average Bonchev–Trinajstić information content (AvgIpc) is 3.07. The number of benzene rings is 4. The van der Waals surface area contributed by atoms with Crippen molar-refractivity contribution < 1.29 is 29.1 Å². The highest BCUT2D eigenvalue weighted by Crippen LogP contribution is 2.39. The number of carboxylic acid groups (broad SMARTS) is 1. The van der Waals surface area contributed by atoms with Crippen molar-refractivity contribution in [2.24, 2.45) is 0 Å².